The first-order valence-electron chi connectivity index (χ1n) is 6.24. The van der Waals surface area contributed by atoms with Crippen molar-refractivity contribution >= 4 is 11.6 Å². The Morgan fingerprint density at radius 1 is 1.56 bits per heavy atom. The minimum absolute atomic E-state index is 0.228. The summed E-state index contributed by atoms with van der Waals surface area (Å²) in [4.78, 5) is 2.54. The number of hydrogen-bond acceptors (Lipinski definition) is 2. The van der Waals surface area contributed by atoms with Crippen LogP contribution < -0.4 is 5.32 Å². The Labute approximate surface area is 105 Å². The first-order valence-corrected chi connectivity index (χ1v) is 6.67. The Hall–Kier alpha value is -0.0500. The average Bonchev–Trinajstić information content (AvgIpc) is 2.23. The molecule has 16 heavy (non-hydrogen) atoms. The molecular weight excluding hydrogens is 220 g/mol. The maximum Gasteiger partial charge on any atom is 0.0281 e. The molecular formula is C13H25ClN2. The standard InChI is InChI=1S/C13H25ClN2/c1-5-6-12-9-16(8-11(2)7-14)13(3,4)10-15-12/h7,12,15H,5-6,8-10H2,1-4H3. The van der Waals surface area contributed by atoms with Gasteiger partial charge in [0, 0.05) is 36.8 Å². The second-order valence-corrected chi connectivity index (χ2v) is 5.73. The van der Waals surface area contributed by atoms with E-state index in [1.165, 1.54) is 18.4 Å². The van der Waals surface area contributed by atoms with Crippen molar-refractivity contribution in [3.63, 3.8) is 0 Å². The van der Waals surface area contributed by atoms with Crippen LogP contribution in [0.2, 0.25) is 0 Å². The first-order chi connectivity index (χ1) is 7.49. The minimum atomic E-state index is 0.228. The van der Waals surface area contributed by atoms with Gasteiger partial charge in [-0.3, -0.25) is 4.90 Å². The fraction of sp³-hybridized carbons (Fsp3) is 0.846. The SMILES string of the molecule is CCCC1CN(CC(C)=CCl)C(C)(C)CN1. The lowest BCUT2D eigenvalue weighted by molar-refractivity contribution is 0.0734. The van der Waals surface area contributed by atoms with Crippen molar-refractivity contribution in [3.05, 3.63) is 11.1 Å². The summed E-state index contributed by atoms with van der Waals surface area (Å²) in [5.74, 6) is 0. The van der Waals surface area contributed by atoms with E-state index >= 15 is 0 Å². The zero-order valence-electron chi connectivity index (χ0n) is 11.0. The van der Waals surface area contributed by atoms with Crippen molar-refractivity contribution in [3.8, 4) is 0 Å². The molecule has 1 aliphatic heterocycles. The molecule has 0 spiro atoms. The Morgan fingerprint density at radius 3 is 2.81 bits per heavy atom. The van der Waals surface area contributed by atoms with Crippen LogP contribution in [0.3, 0.4) is 0 Å². The highest BCUT2D eigenvalue weighted by Gasteiger charge is 2.33. The molecule has 0 aromatic carbocycles. The molecule has 1 atom stereocenters. The number of rotatable bonds is 4. The van der Waals surface area contributed by atoms with E-state index < -0.39 is 0 Å². The Bertz CT molecular complexity index is 248. The van der Waals surface area contributed by atoms with Crippen LogP contribution in [-0.4, -0.2) is 36.1 Å². The summed E-state index contributed by atoms with van der Waals surface area (Å²) < 4.78 is 0. The van der Waals surface area contributed by atoms with E-state index in [1.807, 2.05) is 0 Å². The molecule has 1 heterocycles. The molecule has 2 nitrogen and oxygen atoms in total. The molecule has 1 fully saturated rings. The largest absolute Gasteiger partial charge is 0.311 e. The molecule has 0 aromatic heterocycles. The number of halogens is 1. The van der Waals surface area contributed by atoms with Crippen LogP contribution in [0.15, 0.2) is 11.1 Å². The van der Waals surface area contributed by atoms with Gasteiger partial charge in [-0.05, 0) is 32.8 Å². The lowest BCUT2D eigenvalue weighted by atomic mass is 9.95. The summed E-state index contributed by atoms with van der Waals surface area (Å²) in [5, 5.41) is 3.64. The van der Waals surface area contributed by atoms with Crippen LogP contribution in [0.4, 0.5) is 0 Å². The molecule has 1 N–H and O–H groups in total. The van der Waals surface area contributed by atoms with Crippen molar-refractivity contribution in [2.45, 2.75) is 52.1 Å². The normalized spacial score (nSPS) is 27.1. The van der Waals surface area contributed by atoms with Gasteiger partial charge >= 0.3 is 0 Å². The maximum absolute atomic E-state index is 5.76. The predicted octanol–water partition coefficient (Wildman–Crippen LogP) is 2.98. The molecule has 1 rings (SSSR count). The fourth-order valence-electron chi connectivity index (χ4n) is 2.24. The molecule has 94 valence electrons. The van der Waals surface area contributed by atoms with E-state index in [4.69, 9.17) is 11.6 Å². The second-order valence-electron chi connectivity index (χ2n) is 5.51. The first kappa shape index (κ1) is 14.0. The summed E-state index contributed by atoms with van der Waals surface area (Å²) in [6, 6.07) is 0.640. The maximum atomic E-state index is 5.76. The van der Waals surface area contributed by atoms with Crippen LogP contribution in [0, 0.1) is 0 Å². The summed E-state index contributed by atoms with van der Waals surface area (Å²) in [6.07, 6.45) is 2.51. The van der Waals surface area contributed by atoms with Gasteiger partial charge in [0.05, 0.1) is 0 Å². The predicted molar refractivity (Wildman–Crippen MR) is 72.0 cm³/mol. The van der Waals surface area contributed by atoms with Gasteiger partial charge in [-0.25, -0.2) is 0 Å². The third kappa shape index (κ3) is 3.76. The van der Waals surface area contributed by atoms with Crippen LogP contribution in [0.5, 0.6) is 0 Å². The smallest absolute Gasteiger partial charge is 0.0281 e. The van der Waals surface area contributed by atoms with Crippen LogP contribution in [-0.2, 0) is 0 Å². The number of hydrogen-bond donors (Lipinski definition) is 1. The lowest BCUT2D eigenvalue weighted by Crippen LogP contribution is -2.62. The Balaban J connectivity index is 2.61. The minimum Gasteiger partial charge on any atom is -0.311 e. The number of piperazine rings is 1. The third-order valence-corrected chi connectivity index (χ3v) is 3.76. The van der Waals surface area contributed by atoms with Crippen molar-refractivity contribution < 1.29 is 0 Å². The van der Waals surface area contributed by atoms with Crippen molar-refractivity contribution in [2.75, 3.05) is 19.6 Å². The summed E-state index contributed by atoms with van der Waals surface area (Å²) >= 11 is 5.76. The molecule has 0 radical (unpaired) electrons. The highest BCUT2D eigenvalue weighted by molar-refractivity contribution is 6.25. The summed E-state index contributed by atoms with van der Waals surface area (Å²) in [5.41, 5.74) is 3.17. The monoisotopic (exact) mass is 244 g/mol. The topological polar surface area (TPSA) is 15.3 Å². The summed E-state index contributed by atoms with van der Waals surface area (Å²) in [6.45, 7) is 12.1. The van der Waals surface area contributed by atoms with E-state index in [0.717, 1.165) is 19.6 Å². The molecule has 1 aliphatic rings. The Kier molecular flexibility index (Phi) is 5.29. The van der Waals surface area contributed by atoms with Gasteiger partial charge in [-0.2, -0.15) is 0 Å². The van der Waals surface area contributed by atoms with Crippen LogP contribution >= 0.6 is 11.6 Å². The molecule has 0 amide bonds. The molecule has 1 saturated heterocycles. The number of nitrogens with zero attached hydrogens (tertiary/aromatic N) is 1. The van der Waals surface area contributed by atoms with Crippen molar-refractivity contribution in [1.82, 2.24) is 10.2 Å². The van der Waals surface area contributed by atoms with E-state index in [2.05, 4.69) is 37.9 Å². The lowest BCUT2D eigenvalue weighted by Gasteiger charge is -2.46. The van der Waals surface area contributed by atoms with Gasteiger partial charge < -0.3 is 5.32 Å². The zero-order valence-corrected chi connectivity index (χ0v) is 11.8. The zero-order chi connectivity index (χ0) is 12.2. The van der Waals surface area contributed by atoms with E-state index in [1.54, 1.807) is 5.54 Å². The number of nitrogens with one attached hydrogen (secondary N) is 1. The third-order valence-electron chi connectivity index (χ3n) is 3.38. The Morgan fingerprint density at radius 2 is 2.25 bits per heavy atom. The molecule has 0 aromatic rings. The van der Waals surface area contributed by atoms with E-state index in [9.17, 15) is 0 Å². The summed E-state index contributed by atoms with van der Waals surface area (Å²) in [7, 11) is 0. The average molecular weight is 245 g/mol. The molecule has 3 heteroatoms. The molecule has 0 aliphatic carbocycles. The van der Waals surface area contributed by atoms with E-state index in [0.29, 0.717) is 6.04 Å². The highest BCUT2D eigenvalue weighted by Crippen LogP contribution is 2.21. The van der Waals surface area contributed by atoms with Gasteiger partial charge in [-0.1, -0.05) is 24.9 Å². The quantitative estimate of drug-likeness (QED) is 0.818. The second kappa shape index (κ2) is 6.04. The van der Waals surface area contributed by atoms with Gasteiger partial charge in [0.25, 0.3) is 0 Å². The van der Waals surface area contributed by atoms with Gasteiger partial charge in [0.2, 0.25) is 0 Å². The van der Waals surface area contributed by atoms with E-state index in [-0.39, 0.29) is 5.54 Å². The van der Waals surface area contributed by atoms with Crippen LogP contribution in [0.1, 0.15) is 40.5 Å². The van der Waals surface area contributed by atoms with Gasteiger partial charge in [-0.15, -0.1) is 0 Å². The van der Waals surface area contributed by atoms with Gasteiger partial charge in [0.1, 0.15) is 0 Å². The van der Waals surface area contributed by atoms with Gasteiger partial charge in [0.15, 0.2) is 0 Å². The molecule has 1 unspecified atom stereocenters. The highest BCUT2D eigenvalue weighted by atomic mass is 35.5. The molecule has 0 saturated carbocycles. The van der Waals surface area contributed by atoms with Crippen molar-refractivity contribution in [2.24, 2.45) is 0 Å². The van der Waals surface area contributed by atoms with Crippen LogP contribution in [0.25, 0.3) is 0 Å². The molecule has 0 bridgehead atoms. The fourth-order valence-corrected chi connectivity index (χ4v) is 2.31. The van der Waals surface area contributed by atoms with Crippen molar-refractivity contribution in [1.29, 1.82) is 0 Å².